The summed E-state index contributed by atoms with van der Waals surface area (Å²) in [5.41, 5.74) is 7.61. The summed E-state index contributed by atoms with van der Waals surface area (Å²) in [6.07, 6.45) is 0. The van der Waals surface area contributed by atoms with E-state index in [-0.39, 0.29) is 5.84 Å². The molecule has 0 saturated carbocycles. The van der Waals surface area contributed by atoms with Gasteiger partial charge in [0, 0.05) is 7.05 Å². The number of amidine groups is 1. The molecular weight excluding hydrogens is 218 g/mol. The van der Waals surface area contributed by atoms with Gasteiger partial charge in [-0.05, 0) is 25.5 Å². The van der Waals surface area contributed by atoms with Gasteiger partial charge in [-0.2, -0.15) is 0 Å². The molecule has 17 heavy (non-hydrogen) atoms. The predicted molar refractivity (Wildman–Crippen MR) is 67.9 cm³/mol. The van der Waals surface area contributed by atoms with Crippen LogP contribution in [0, 0.1) is 6.92 Å². The molecule has 0 atom stereocenters. The quantitative estimate of drug-likeness (QED) is 0.361. The van der Waals surface area contributed by atoms with Crippen molar-refractivity contribution < 1.29 is 9.53 Å². The average Bonchev–Trinajstić information content (AvgIpc) is 2.32. The van der Waals surface area contributed by atoms with Crippen LogP contribution >= 0.6 is 0 Å². The summed E-state index contributed by atoms with van der Waals surface area (Å²) in [6.45, 7) is 4.04. The number of nitrogens with one attached hydrogen (secondary N) is 2. The first-order chi connectivity index (χ1) is 8.19. The van der Waals surface area contributed by atoms with E-state index in [0.29, 0.717) is 6.61 Å². The van der Waals surface area contributed by atoms with Crippen molar-refractivity contribution in [1.29, 1.82) is 0 Å². The van der Waals surface area contributed by atoms with Gasteiger partial charge in [0.2, 0.25) is 5.84 Å². The van der Waals surface area contributed by atoms with E-state index in [2.05, 4.69) is 15.8 Å². The Labute approximate surface area is 101 Å². The van der Waals surface area contributed by atoms with Crippen LogP contribution in [-0.2, 0) is 9.53 Å². The summed E-state index contributed by atoms with van der Waals surface area (Å²) in [4.78, 5) is 15.2. The second-order valence-electron chi connectivity index (χ2n) is 3.36. The molecule has 0 spiro atoms. The molecule has 2 N–H and O–H groups in total. The average molecular weight is 235 g/mol. The van der Waals surface area contributed by atoms with Crippen molar-refractivity contribution >= 4 is 17.5 Å². The number of esters is 1. The van der Waals surface area contributed by atoms with Crippen LogP contribution in [-0.4, -0.2) is 25.5 Å². The van der Waals surface area contributed by atoms with E-state index in [4.69, 9.17) is 4.74 Å². The highest BCUT2D eigenvalue weighted by molar-refractivity contribution is 6.35. The van der Waals surface area contributed by atoms with Crippen molar-refractivity contribution in [3.63, 3.8) is 0 Å². The number of para-hydroxylation sites is 1. The first kappa shape index (κ1) is 13.0. The maximum Gasteiger partial charge on any atom is 0.375 e. The molecule has 0 fully saturated rings. The Bertz CT molecular complexity index is 416. The molecular formula is C12H17N3O2. The number of aliphatic imine (C=N–C) groups is 1. The largest absolute Gasteiger partial charge is 0.460 e. The van der Waals surface area contributed by atoms with Crippen LogP contribution in [0.2, 0.25) is 0 Å². The monoisotopic (exact) mass is 235 g/mol. The Morgan fingerprint density at radius 1 is 1.41 bits per heavy atom. The minimum atomic E-state index is -0.476. The first-order valence-corrected chi connectivity index (χ1v) is 5.40. The third-order valence-electron chi connectivity index (χ3n) is 2.15. The number of anilines is 1. The first-order valence-electron chi connectivity index (χ1n) is 5.40. The number of nitrogens with zero attached hydrogens (tertiary/aromatic N) is 1. The molecule has 0 bridgehead atoms. The molecule has 0 aliphatic heterocycles. The fourth-order valence-electron chi connectivity index (χ4n) is 1.24. The highest BCUT2D eigenvalue weighted by Crippen LogP contribution is 2.11. The molecule has 0 heterocycles. The third-order valence-corrected chi connectivity index (χ3v) is 2.15. The zero-order chi connectivity index (χ0) is 12.7. The zero-order valence-corrected chi connectivity index (χ0v) is 10.3. The molecule has 0 unspecified atom stereocenters. The molecule has 1 aromatic rings. The van der Waals surface area contributed by atoms with Crippen molar-refractivity contribution in [3.05, 3.63) is 29.8 Å². The molecule has 92 valence electrons. The van der Waals surface area contributed by atoms with Crippen molar-refractivity contribution in [2.45, 2.75) is 13.8 Å². The van der Waals surface area contributed by atoms with Gasteiger partial charge in [0.25, 0.3) is 0 Å². The van der Waals surface area contributed by atoms with Gasteiger partial charge in [0.1, 0.15) is 0 Å². The van der Waals surface area contributed by atoms with E-state index < -0.39 is 5.97 Å². The number of ether oxygens (including phenoxy) is 1. The standard InChI is InChI=1S/C12H17N3O2/c1-4-17-12(16)11(13-3)15-14-10-8-6-5-7-9(10)2/h5-8,14H,4H2,1-3H3,(H,13,15). The molecule has 1 rings (SSSR count). The maximum atomic E-state index is 11.4. The van der Waals surface area contributed by atoms with Crippen LogP contribution in [0.4, 0.5) is 5.69 Å². The van der Waals surface area contributed by atoms with Crippen LogP contribution < -0.4 is 10.9 Å². The number of hydrogen-bond acceptors (Lipinski definition) is 4. The molecule has 0 aliphatic carbocycles. The van der Waals surface area contributed by atoms with Crippen LogP contribution in [0.3, 0.4) is 0 Å². The zero-order valence-electron chi connectivity index (χ0n) is 10.3. The molecule has 5 nitrogen and oxygen atoms in total. The molecule has 0 saturated heterocycles. The van der Waals surface area contributed by atoms with Gasteiger partial charge < -0.3 is 4.74 Å². The van der Waals surface area contributed by atoms with E-state index in [9.17, 15) is 4.79 Å². The normalized spacial score (nSPS) is 10.9. The molecule has 1 aromatic carbocycles. The summed E-state index contributed by atoms with van der Waals surface area (Å²) < 4.78 is 4.84. The molecule has 0 radical (unpaired) electrons. The fourth-order valence-corrected chi connectivity index (χ4v) is 1.24. The maximum absolute atomic E-state index is 11.4. The minimum Gasteiger partial charge on any atom is -0.460 e. The lowest BCUT2D eigenvalue weighted by Gasteiger charge is -2.12. The second kappa shape index (κ2) is 6.52. The Hall–Kier alpha value is -2.04. The summed E-state index contributed by atoms with van der Waals surface area (Å²) in [5.74, 6) is -0.328. The number of carbonyl (C=O) groups excluding carboxylic acids is 1. The van der Waals surface area contributed by atoms with Crippen LogP contribution in [0.25, 0.3) is 0 Å². The van der Waals surface area contributed by atoms with Crippen LogP contribution in [0.1, 0.15) is 12.5 Å². The van der Waals surface area contributed by atoms with Crippen LogP contribution in [0.5, 0.6) is 0 Å². The van der Waals surface area contributed by atoms with Crippen molar-refractivity contribution in [2.75, 3.05) is 19.1 Å². The van der Waals surface area contributed by atoms with Gasteiger partial charge in [-0.1, -0.05) is 18.2 Å². The van der Waals surface area contributed by atoms with E-state index in [1.54, 1.807) is 6.92 Å². The SMILES string of the molecule is CCOC(=O)C(=NC)NNc1ccccc1C. The van der Waals surface area contributed by atoms with Crippen molar-refractivity contribution in [2.24, 2.45) is 4.99 Å². The topological polar surface area (TPSA) is 62.7 Å². The molecule has 0 aromatic heterocycles. The van der Waals surface area contributed by atoms with Crippen molar-refractivity contribution in [1.82, 2.24) is 5.43 Å². The van der Waals surface area contributed by atoms with Gasteiger partial charge >= 0.3 is 5.97 Å². The van der Waals surface area contributed by atoms with Gasteiger partial charge in [0.15, 0.2) is 0 Å². The van der Waals surface area contributed by atoms with Crippen molar-refractivity contribution in [3.8, 4) is 0 Å². The lowest BCUT2D eigenvalue weighted by Crippen LogP contribution is -2.37. The minimum absolute atomic E-state index is 0.148. The van der Waals surface area contributed by atoms with Gasteiger partial charge in [-0.3, -0.25) is 15.8 Å². The molecule has 5 heteroatoms. The van der Waals surface area contributed by atoms with Gasteiger partial charge in [0.05, 0.1) is 12.3 Å². The second-order valence-corrected chi connectivity index (χ2v) is 3.36. The smallest absolute Gasteiger partial charge is 0.375 e. The number of hydrazine groups is 1. The van der Waals surface area contributed by atoms with Gasteiger partial charge in [-0.25, -0.2) is 4.79 Å². The summed E-state index contributed by atoms with van der Waals surface area (Å²) in [7, 11) is 1.53. The molecule has 0 amide bonds. The van der Waals surface area contributed by atoms with E-state index in [0.717, 1.165) is 11.3 Å². The number of hydrogen-bond donors (Lipinski definition) is 2. The van der Waals surface area contributed by atoms with Gasteiger partial charge in [-0.15, -0.1) is 0 Å². The number of rotatable bonds is 3. The lowest BCUT2D eigenvalue weighted by molar-refractivity contribution is -0.135. The predicted octanol–water partition coefficient (Wildman–Crippen LogP) is 1.50. The highest BCUT2D eigenvalue weighted by atomic mass is 16.5. The van der Waals surface area contributed by atoms with E-state index >= 15 is 0 Å². The number of aryl methyl sites for hydroxylation is 1. The van der Waals surface area contributed by atoms with E-state index in [1.807, 2.05) is 31.2 Å². The van der Waals surface area contributed by atoms with Crippen LogP contribution in [0.15, 0.2) is 29.3 Å². The van der Waals surface area contributed by atoms with E-state index in [1.165, 1.54) is 7.05 Å². The number of benzene rings is 1. The Kier molecular flexibility index (Phi) is 5.00. The number of carbonyl (C=O) groups is 1. The summed E-state index contributed by atoms with van der Waals surface area (Å²) in [5, 5.41) is 0. The fraction of sp³-hybridized carbons (Fsp3) is 0.333. The Balaban J connectivity index is 2.60. The lowest BCUT2D eigenvalue weighted by atomic mass is 10.2. The summed E-state index contributed by atoms with van der Waals surface area (Å²) in [6, 6.07) is 7.72. The third kappa shape index (κ3) is 3.79. The highest BCUT2D eigenvalue weighted by Gasteiger charge is 2.10. The molecule has 0 aliphatic rings. The Morgan fingerprint density at radius 2 is 2.12 bits per heavy atom. The Morgan fingerprint density at radius 3 is 2.71 bits per heavy atom. The summed E-state index contributed by atoms with van der Waals surface area (Å²) >= 11 is 0.